The van der Waals surface area contributed by atoms with Gasteiger partial charge in [-0.25, -0.2) is 0 Å². The summed E-state index contributed by atoms with van der Waals surface area (Å²) in [5.41, 5.74) is 0. The van der Waals surface area contributed by atoms with E-state index in [4.69, 9.17) is 18.9 Å². The van der Waals surface area contributed by atoms with Crippen LogP contribution in [-0.4, -0.2) is 89.0 Å². The van der Waals surface area contributed by atoms with Crippen LogP contribution in [0.5, 0.6) is 0 Å². The van der Waals surface area contributed by atoms with Crippen LogP contribution in [0.1, 0.15) is 181 Å². The Morgan fingerprint density at radius 2 is 1.07 bits per heavy atom. The predicted octanol–water partition coefficient (Wildman–Crippen LogP) is 9.11. The highest BCUT2D eigenvalue weighted by molar-refractivity contribution is 5.70. The van der Waals surface area contributed by atoms with E-state index in [9.17, 15) is 30.0 Å². The lowest BCUT2D eigenvalue weighted by atomic mass is 9.99. The molecule has 0 aromatic rings. The Kier molecular flexibility index (Phi) is 33.6. The average Bonchev–Trinajstić information content (AvgIpc) is 3.18. The number of esters is 2. The molecule has 0 aliphatic carbocycles. The van der Waals surface area contributed by atoms with Gasteiger partial charge >= 0.3 is 11.9 Å². The third kappa shape index (κ3) is 28.0. The van der Waals surface area contributed by atoms with Crippen molar-refractivity contribution in [3.63, 3.8) is 0 Å². The van der Waals surface area contributed by atoms with E-state index in [0.717, 1.165) is 70.6 Å². The first-order valence-electron chi connectivity index (χ1n) is 22.1. The van der Waals surface area contributed by atoms with Crippen molar-refractivity contribution in [3.05, 3.63) is 36.5 Å². The fourth-order valence-corrected chi connectivity index (χ4v) is 6.56. The third-order valence-corrected chi connectivity index (χ3v) is 10.0. The Labute approximate surface area is 334 Å². The number of aliphatic hydroxyl groups excluding tert-OH is 4. The second-order valence-electron chi connectivity index (χ2n) is 15.1. The van der Waals surface area contributed by atoms with E-state index in [1.165, 1.54) is 70.6 Å². The average molecular weight is 781 g/mol. The second-order valence-corrected chi connectivity index (χ2v) is 15.1. The Morgan fingerprint density at radius 3 is 1.62 bits per heavy atom. The minimum atomic E-state index is -1.60. The van der Waals surface area contributed by atoms with Gasteiger partial charge in [0.2, 0.25) is 0 Å². The van der Waals surface area contributed by atoms with Gasteiger partial charge in [0.25, 0.3) is 0 Å². The Hall–Kier alpha value is -2.08. The number of carbonyl (C=O) groups excluding carboxylic acids is 2. The summed E-state index contributed by atoms with van der Waals surface area (Å²) in [7, 11) is 0. The first-order valence-corrected chi connectivity index (χ1v) is 22.1. The van der Waals surface area contributed by atoms with E-state index in [1.807, 2.05) is 0 Å². The number of allylic oxidation sites excluding steroid dienone is 6. The van der Waals surface area contributed by atoms with Gasteiger partial charge in [0.05, 0.1) is 13.2 Å². The van der Waals surface area contributed by atoms with Gasteiger partial charge in [-0.1, -0.05) is 159 Å². The summed E-state index contributed by atoms with van der Waals surface area (Å²) in [6, 6.07) is 0. The van der Waals surface area contributed by atoms with Crippen LogP contribution in [0, 0.1) is 0 Å². The molecule has 1 fully saturated rings. The third-order valence-electron chi connectivity index (χ3n) is 10.0. The molecule has 0 amide bonds. The number of ether oxygens (including phenoxy) is 4. The molecule has 0 radical (unpaired) electrons. The number of rotatable bonds is 36. The van der Waals surface area contributed by atoms with E-state index in [0.29, 0.717) is 12.8 Å². The fourth-order valence-electron chi connectivity index (χ4n) is 6.56. The summed E-state index contributed by atoms with van der Waals surface area (Å²) in [6.45, 7) is 3.30. The number of hydrogen-bond acceptors (Lipinski definition) is 10. The van der Waals surface area contributed by atoms with Gasteiger partial charge in [0.15, 0.2) is 12.4 Å². The van der Waals surface area contributed by atoms with Crippen LogP contribution in [0.2, 0.25) is 0 Å². The second kappa shape index (κ2) is 36.3. The zero-order valence-electron chi connectivity index (χ0n) is 34.7. The molecular weight excluding hydrogens is 700 g/mol. The van der Waals surface area contributed by atoms with Crippen molar-refractivity contribution in [2.45, 2.75) is 218 Å². The maximum Gasteiger partial charge on any atom is 0.306 e. The van der Waals surface area contributed by atoms with Crippen molar-refractivity contribution in [2.75, 3.05) is 19.8 Å². The Balaban J connectivity index is 2.34. The van der Waals surface area contributed by atoms with Crippen LogP contribution in [-0.2, 0) is 28.5 Å². The number of aliphatic hydroxyl groups is 4. The van der Waals surface area contributed by atoms with Crippen molar-refractivity contribution in [2.24, 2.45) is 0 Å². The Bertz CT molecular complexity index is 996. The highest BCUT2D eigenvalue weighted by Crippen LogP contribution is 2.22. The van der Waals surface area contributed by atoms with E-state index in [2.05, 4.69) is 50.3 Å². The topological polar surface area (TPSA) is 152 Å². The molecule has 6 atom stereocenters. The van der Waals surface area contributed by atoms with Crippen LogP contribution in [0.3, 0.4) is 0 Å². The minimum Gasteiger partial charge on any atom is -0.462 e. The van der Waals surface area contributed by atoms with Crippen LogP contribution < -0.4 is 0 Å². The molecule has 0 aromatic carbocycles. The van der Waals surface area contributed by atoms with E-state index >= 15 is 0 Å². The normalized spacial score (nSPS) is 20.9. The van der Waals surface area contributed by atoms with Crippen LogP contribution in [0.15, 0.2) is 36.5 Å². The van der Waals surface area contributed by atoms with Gasteiger partial charge < -0.3 is 39.4 Å². The molecule has 4 N–H and O–H groups in total. The zero-order valence-corrected chi connectivity index (χ0v) is 34.7. The minimum absolute atomic E-state index is 0.224. The summed E-state index contributed by atoms with van der Waals surface area (Å²) in [6.07, 6.45) is 32.9. The molecule has 0 spiro atoms. The van der Waals surface area contributed by atoms with Gasteiger partial charge in [-0.3, -0.25) is 9.59 Å². The van der Waals surface area contributed by atoms with Gasteiger partial charge in [-0.15, -0.1) is 0 Å². The standard InChI is InChI=1S/C45H80O10/c1-3-5-7-9-11-13-15-17-19-21-23-25-27-29-31-33-40(47)52-36-38(37-53-45-44(51)43(50)42(49)39(35-46)55-45)54-41(48)34-32-30-28-26-24-22-20-18-16-14-12-10-8-6-4-2/h5,7,11,13,17,19,38-39,42-46,49-51H,3-4,6,8-10,12,14-16,18,20-37H2,1-2H3. The first kappa shape index (κ1) is 50.9. The molecule has 1 rings (SSSR count). The lowest BCUT2D eigenvalue weighted by Crippen LogP contribution is -2.59. The predicted molar refractivity (Wildman–Crippen MR) is 219 cm³/mol. The quantitative estimate of drug-likeness (QED) is 0.0275. The van der Waals surface area contributed by atoms with Crippen molar-refractivity contribution >= 4 is 11.9 Å². The molecule has 0 aromatic heterocycles. The molecule has 0 saturated carbocycles. The van der Waals surface area contributed by atoms with Gasteiger partial charge in [0.1, 0.15) is 31.0 Å². The summed E-state index contributed by atoms with van der Waals surface area (Å²) in [5, 5.41) is 40.0. The van der Waals surface area contributed by atoms with Gasteiger partial charge in [-0.2, -0.15) is 0 Å². The van der Waals surface area contributed by atoms with E-state index < -0.39 is 55.4 Å². The zero-order chi connectivity index (χ0) is 40.2. The largest absolute Gasteiger partial charge is 0.462 e. The van der Waals surface area contributed by atoms with Crippen LogP contribution in [0.25, 0.3) is 0 Å². The van der Waals surface area contributed by atoms with Crippen molar-refractivity contribution < 1.29 is 49.0 Å². The molecule has 320 valence electrons. The number of unbranched alkanes of at least 4 members (excludes halogenated alkanes) is 19. The molecule has 1 heterocycles. The smallest absolute Gasteiger partial charge is 0.306 e. The Morgan fingerprint density at radius 1 is 0.582 bits per heavy atom. The molecular formula is C45H80O10. The first-order chi connectivity index (χ1) is 26.8. The summed E-state index contributed by atoms with van der Waals surface area (Å²) >= 11 is 0. The van der Waals surface area contributed by atoms with Gasteiger partial charge in [0, 0.05) is 12.8 Å². The maximum absolute atomic E-state index is 12.8. The molecule has 55 heavy (non-hydrogen) atoms. The molecule has 1 aliphatic heterocycles. The van der Waals surface area contributed by atoms with Crippen molar-refractivity contribution in [3.8, 4) is 0 Å². The van der Waals surface area contributed by atoms with Crippen molar-refractivity contribution in [1.82, 2.24) is 0 Å². The highest BCUT2D eigenvalue weighted by Gasteiger charge is 2.44. The highest BCUT2D eigenvalue weighted by atomic mass is 16.7. The van der Waals surface area contributed by atoms with Crippen molar-refractivity contribution in [1.29, 1.82) is 0 Å². The molecule has 6 unspecified atom stereocenters. The van der Waals surface area contributed by atoms with Crippen LogP contribution >= 0.6 is 0 Å². The fraction of sp³-hybridized carbons (Fsp3) is 0.822. The SMILES string of the molecule is CCC=CCC=CCC=CCCCCCCCC(=O)OCC(COC1OC(CO)C(O)C(O)C1O)OC(=O)CCCCCCCCCCCCCCCCC. The lowest BCUT2D eigenvalue weighted by molar-refractivity contribution is -0.305. The number of hydrogen-bond donors (Lipinski definition) is 4. The van der Waals surface area contributed by atoms with Gasteiger partial charge in [-0.05, 0) is 44.9 Å². The monoisotopic (exact) mass is 781 g/mol. The number of carbonyl (C=O) groups is 2. The summed E-state index contributed by atoms with van der Waals surface area (Å²) < 4.78 is 22.1. The molecule has 0 bridgehead atoms. The molecule has 1 aliphatic rings. The van der Waals surface area contributed by atoms with Crippen LogP contribution in [0.4, 0.5) is 0 Å². The summed E-state index contributed by atoms with van der Waals surface area (Å²) in [4.78, 5) is 25.3. The molecule has 10 heteroatoms. The van der Waals surface area contributed by atoms with E-state index in [-0.39, 0.29) is 26.1 Å². The summed E-state index contributed by atoms with van der Waals surface area (Å²) in [5.74, 6) is -0.822. The molecule has 1 saturated heterocycles. The van der Waals surface area contributed by atoms with E-state index in [1.54, 1.807) is 0 Å². The molecule has 10 nitrogen and oxygen atoms in total. The lowest BCUT2D eigenvalue weighted by Gasteiger charge is -2.39. The maximum atomic E-state index is 12.8.